The lowest BCUT2D eigenvalue weighted by Gasteiger charge is -2.57. The summed E-state index contributed by atoms with van der Waals surface area (Å²) < 4.78 is 12.7. The molecule has 186 valence electrons. The fourth-order valence-electron chi connectivity index (χ4n) is 8.23. The number of aliphatic hydroxyl groups excluding tert-OH is 1. The monoisotopic (exact) mass is 468 g/mol. The largest absolute Gasteiger partial charge is 0.508 e. The summed E-state index contributed by atoms with van der Waals surface area (Å²) in [5, 5.41) is 33.1. The Bertz CT molecular complexity index is 986. The van der Waals surface area contributed by atoms with Crippen molar-refractivity contribution in [2.75, 3.05) is 13.2 Å². The number of rotatable bonds is 1. The van der Waals surface area contributed by atoms with Gasteiger partial charge in [0.05, 0.1) is 24.9 Å². The molecular formula is C29H40O5. The van der Waals surface area contributed by atoms with Crippen LogP contribution in [0.1, 0.15) is 83.6 Å². The summed E-state index contributed by atoms with van der Waals surface area (Å²) in [7, 11) is 0. The second-order valence-electron chi connectivity index (χ2n) is 13.0. The highest BCUT2D eigenvalue weighted by Gasteiger charge is 2.60. The van der Waals surface area contributed by atoms with Crippen LogP contribution in [0.3, 0.4) is 0 Å². The lowest BCUT2D eigenvalue weighted by molar-refractivity contribution is -0.322. The predicted octanol–water partition coefficient (Wildman–Crippen LogP) is 5.05. The van der Waals surface area contributed by atoms with Gasteiger partial charge in [0.25, 0.3) is 0 Å². The van der Waals surface area contributed by atoms with Gasteiger partial charge < -0.3 is 24.8 Å². The highest BCUT2D eigenvalue weighted by molar-refractivity contribution is 5.44. The van der Waals surface area contributed by atoms with Crippen molar-refractivity contribution in [3.63, 3.8) is 0 Å². The van der Waals surface area contributed by atoms with Gasteiger partial charge in [0.2, 0.25) is 0 Å². The Morgan fingerprint density at radius 1 is 0.941 bits per heavy atom. The number of hydrogen-bond acceptors (Lipinski definition) is 5. The molecule has 1 heterocycles. The molecule has 1 saturated heterocycles. The fourth-order valence-corrected chi connectivity index (χ4v) is 8.23. The van der Waals surface area contributed by atoms with Crippen LogP contribution in [0.15, 0.2) is 35.4 Å². The average molecular weight is 469 g/mol. The quantitative estimate of drug-likeness (QED) is 0.503. The number of ether oxygens (including phenoxy) is 2. The zero-order valence-electron chi connectivity index (χ0n) is 20.8. The summed E-state index contributed by atoms with van der Waals surface area (Å²) in [6.07, 6.45) is 6.31. The Kier molecular flexibility index (Phi) is 5.11. The van der Waals surface area contributed by atoms with E-state index in [9.17, 15) is 15.3 Å². The minimum absolute atomic E-state index is 0.00533. The molecule has 5 aliphatic rings. The Balaban J connectivity index is 1.42. The summed E-state index contributed by atoms with van der Waals surface area (Å²) in [6, 6.07) is 7.60. The van der Waals surface area contributed by atoms with Crippen LogP contribution in [-0.4, -0.2) is 46.0 Å². The zero-order valence-corrected chi connectivity index (χ0v) is 20.8. The molecule has 5 nitrogen and oxygen atoms in total. The van der Waals surface area contributed by atoms with Crippen LogP contribution in [0.25, 0.3) is 0 Å². The van der Waals surface area contributed by atoms with E-state index in [1.54, 1.807) is 12.1 Å². The minimum atomic E-state index is -0.897. The fraction of sp³-hybridized carbons (Fsp3) is 0.724. The van der Waals surface area contributed by atoms with Gasteiger partial charge in [0.15, 0.2) is 5.79 Å². The van der Waals surface area contributed by atoms with E-state index in [1.165, 1.54) is 16.7 Å². The first kappa shape index (κ1) is 23.0. The van der Waals surface area contributed by atoms with Crippen molar-refractivity contribution in [3.05, 3.63) is 41.0 Å². The van der Waals surface area contributed by atoms with E-state index >= 15 is 0 Å². The van der Waals surface area contributed by atoms with Crippen molar-refractivity contribution in [1.29, 1.82) is 0 Å². The molecule has 0 amide bonds. The molecule has 34 heavy (non-hydrogen) atoms. The lowest BCUT2D eigenvalue weighted by atomic mass is 9.51. The molecule has 1 aliphatic heterocycles. The summed E-state index contributed by atoms with van der Waals surface area (Å²) in [5.74, 6) is 0.602. The first-order chi connectivity index (χ1) is 16.0. The standard InChI is InChI=1S/C29H40O5/c1-26(2)16-33-29(34-17-26)13-11-23-25-20(10-12-28(23,32)15-29)22-8-9-24(31)27(22,3)14-21(25)18-4-6-19(30)7-5-18/h4-7,20-22,24,30-32H,8-17H2,1-3H3/t20?,21-,22?,24?,27?,28-/m1/s1. The smallest absolute Gasteiger partial charge is 0.171 e. The molecule has 0 aromatic heterocycles. The van der Waals surface area contributed by atoms with Crippen molar-refractivity contribution in [3.8, 4) is 5.75 Å². The topological polar surface area (TPSA) is 79.2 Å². The Labute approximate surface area is 203 Å². The van der Waals surface area contributed by atoms with Gasteiger partial charge in [-0.05, 0) is 79.0 Å². The highest BCUT2D eigenvalue weighted by atomic mass is 16.7. The molecule has 6 rings (SSSR count). The first-order valence-corrected chi connectivity index (χ1v) is 13.3. The van der Waals surface area contributed by atoms with Crippen molar-refractivity contribution < 1.29 is 24.8 Å². The number of allylic oxidation sites excluding steroid dienone is 1. The van der Waals surface area contributed by atoms with Crippen LogP contribution in [0, 0.1) is 22.7 Å². The molecule has 3 saturated carbocycles. The van der Waals surface area contributed by atoms with E-state index < -0.39 is 11.4 Å². The molecule has 0 bridgehead atoms. The molecule has 4 aliphatic carbocycles. The second kappa shape index (κ2) is 7.55. The number of hydrogen-bond donors (Lipinski definition) is 3. The Hall–Kier alpha value is -1.40. The molecule has 6 atom stereocenters. The zero-order chi connectivity index (χ0) is 23.9. The molecule has 5 heteroatoms. The van der Waals surface area contributed by atoms with Crippen molar-refractivity contribution in [2.24, 2.45) is 22.7 Å². The summed E-state index contributed by atoms with van der Waals surface area (Å²) in [6.45, 7) is 7.92. The molecule has 3 N–H and O–H groups in total. The van der Waals surface area contributed by atoms with Gasteiger partial charge in [0, 0.05) is 24.2 Å². The van der Waals surface area contributed by atoms with Crippen LogP contribution in [0.5, 0.6) is 5.75 Å². The molecule has 1 aromatic rings. The summed E-state index contributed by atoms with van der Waals surface area (Å²) in [5.41, 5.74) is 2.82. The molecular weight excluding hydrogens is 428 g/mol. The number of phenols is 1. The third-order valence-electron chi connectivity index (χ3n) is 10.1. The van der Waals surface area contributed by atoms with E-state index in [-0.39, 0.29) is 28.6 Å². The van der Waals surface area contributed by atoms with Gasteiger partial charge >= 0.3 is 0 Å². The van der Waals surface area contributed by atoms with Crippen LogP contribution in [0.2, 0.25) is 0 Å². The first-order valence-electron chi connectivity index (χ1n) is 13.3. The Morgan fingerprint density at radius 3 is 2.35 bits per heavy atom. The van der Waals surface area contributed by atoms with Crippen LogP contribution in [0.4, 0.5) is 0 Å². The number of phenolic OH excluding ortho intramolecular Hbond substituents is 1. The van der Waals surface area contributed by atoms with Gasteiger partial charge in [-0.1, -0.05) is 38.5 Å². The number of aromatic hydroxyl groups is 1. The van der Waals surface area contributed by atoms with Crippen molar-refractivity contribution in [2.45, 2.75) is 95.5 Å². The molecule has 0 radical (unpaired) electrons. The molecule has 4 fully saturated rings. The maximum absolute atomic E-state index is 12.1. The van der Waals surface area contributed by atoms with Crippen LogP contribution >= 0.6 is 0 Å². The van der Waals surface area contributed by atoms with Gasteiger partial charge in [-0.25, -0.2) is 0 Å². The van der Waals surface area contributed by atoms with Crippen molar-refractivity contribution in [1.82, 2.24) is 0 Å². The van der Waals surface area contributed by atoms with E-state index in [1.807, 2.05) is 12.1 Å². The number of benzene rings is 1. The van der Waals surface area contributed by atoms with Crippen LogP contribution < -0.4 is 0 Å². The predicted molar refractivity (Wildman–Crippen MR) is 129 cm³/mol. The van der Waals surface area contributed by atoms with Crippen molar-refractivity contribution >= 4 is 0 Å². The highest BCUT2D eigenvalue weighted by Crippen LogP contribution is 2.65. The normalized spacial score (nSPS) is 42.7. The Morgan fingerprint density at radius 2 is 1.65 bits per heavy atom. The van der Waals surface area contributed by atoms with Gasteiger partial charge in [-0.15, -0.1) is 0 Å². The SMILES string of the molecule is CC1(C)COC2(CCC3=C4C(CC[C@@]3(O)C2)C2CCC(O)C2(C)C[C@@H]4c2ccc(O)cc2)OC1. The maximum atomic E-state index is 12.1. The third-order valence-corrected chi connectivity index (χ3v) is 10.1. The summed E-state index contributed by atoms with van der Waals surface area (Å²) in [4.78, 5) is 0. The molecule has 1 spiro atoms. The maximum Gasteiger partial charge on any atom is 0.171 e. The van der Waals surface area contributed by atoms with Crippen LogP contribution in [-0.2, 0) is 9.47 Å². The molecule has 4 unspecified atom stereocenters. The number of aliphatic hydroxyl groups is 2. The van der Waals surface area contributed by atoms with Gasteiger partial charge in [-0.3, -0.25) is 0 Å². The summed E-state index contributed by atoms with van der Waals surface area (Å²) >= 11 is 0. The second-order valence-corrected chi connectivity index (χ2v) is 13.0. The van der Waals surface area contributed by atoms with E-state index in [0.717, 1.165) is 44.9 Å². The average Bonchev–Trinajstić information content (AvgIpc) is 3.10. The van der Waals surface area contributed by atoms with E-state index in [4.69, 9.17) is 9.47 Å². The molecule has 1 aromatic carbocycles. The number of fused-ring (bicyclic) bond motifs is 4. The van der Waals surface area contributed by atoms with E-state index in [0.29, 0.717) is 31.5 Å². The van der Waals surface area contributed by atoms with Gasteiger partial charge in [0.1, 0.15) is 5.75 Å². The third kappa shape index (κ3) is 3.42. The van der Waals surface area contributed by atoms with Gasteiger partial charge in [-0.2, -0.15) is 0 Å². The van der Waals surface area contributed by atoms with E-state index in [2.05, 4.69) is 20.8 Å². The minimum Gasteiger partial charge on any atom is -0.508 e. The lowest BCUT2D eigenvalue weighted by Crippen LogP contribution is -2.57.